The maximum atomic E-state index is 4.31. The summed E-state index contributed by atoms with van der Waals surface area (Å²) in [5, 5.41) is 16.9. The molecule has 1 N–H and O–H groups in total. The van der Waals surface area contributed by atoms with E-state index in [1.807, 2.05) is 30.8 Å². The van der Waals surface area contributed by atoms with Gasteiger partial charge in [-0.15, -0.1) is 16.4 Å². The third kappa shape index (κ3) is 1.93. The average Bonchev–Trinajstić information content (AvgIpc) is 2.92. The molecule has 0 spiro atoms. The number of anilines is 1. The number of hydrogen-bond donors (Lipinski definition) is 1. The lowest BCUT2D eigenvalue weighted by Gasteiger charge is -2.07. The topological polar surface area (TPSA) is 50.7 Å². The first-order valence-corrected chi connectivity index (χ1v) is 6.57. The van der Waals surface area contributed by atoms with Crippen molar-refractivity contribution in [2.45, 2.75) is 6.42 Å². The molecule has 0 fully saturated rings. The van der Waals surface area contributed by atoms with Gasteiger partial charge in [0.1, 0.15) is 0 Å². The van der Waals surface area contributed by atoms with E-state index in [9.17, 15) is 0 Å². The molecular formula is C13H12N4S. The van der Waals surface area contributed by atoms with Crippen LogP contribution >= 0.6 is 11.3 Å². The van der Waals surface area contributed by atoms with E-state index in [1.165, 1.54) is 0 Å². The molecular weight excluding hydrogens is 244 g/mol. The number of fused-ring (bicyclic) bond motifs is 1. The Morgan fingerprint density at radius 1 is 1.17 bits per heavy atom. The van der Waals surface area contributed by atoms with Gasteiger partial charge >= 0.3 is 0 Å². The Hall–Kier alpha value is -2.01. The second-order valence-corrected chi connectivity index (χ2v) is 4.87. The average molecular weight is 256 g/mol. The fourth-order valence-electron chi connectivity index (χ4n) is 1.96. The lowest BCUT2D eigenvalue weighted by atomic mass is 10.1. The number of hydrogen-bond acceptors (Lipinski definition) is 5. The second kappa shape index (κ2) is 4.70. The van der Waals surface area contributed by atoms with Crippen LogP contribution < -0.4 is 5.32 Å². The van der Waals surface area contributed by atoms with Crippen LogP contribution in [0.25, 0.3) is 10.8 Å². The molecule has 2 aromatic heterocycles. The molecule has 0 bridgehead atoms. The predicted molar refractivity (Wildman–Crippen MR) is 74.0 cm³/mol. The van der Waals surface area contributed by atoms with Crippen molar-refractivity contribution in [3.8, 4) is 0 Å². The summed E-state index contributed by atoms with van der Waals surface area (Å²) < 4.78 is 0. The third-order valence-corrected chi connectivity index (χ3v) is 3.58. The number of nitrogens with one attached hydrogen (secondary N) is 1. The fourth-order valence-corrected chi connectivity index (χ4v) is 2.58. The molecule has 18 heavy (non-hydrogen) atoms. The maximum Gasteiger partial charge on any atom is 0.156 e. The molecule has 0 atom stereocenters. The smallest absolute Gasteiger partial charge is 0.156 e. The van der Waals surface area contributed by atoms with E-state index < -0.39 is 0 Å². The zero-order valence-electron chi connectivity index (χ0n) is 9.92. The second-order valence-electron chi connectivity index (χ2n) is 3.89. The molecule has 1 aromatic carbocycles. The first-order chi connectivity index (χ1) is 8.88. The van der Waals surface area contributed by atoms with Crippen molar-refractivity contribution in [3.63, 3.8) is 0 Å². The summed E-state index contributed by atoms with van der Waals surface area (Å²) in [7, 11) is 1.86. The summed E-state index contributed by atoms with van der Waals surface area (Å²) in [5.74, 6) is 0.813. The first-order valence-electron chi connectivity index (χ1n) is 5.69. The molecule has 2 heterocycles. The Morgan fingerprint density at radius 2 is 2.00 bits per heavy atom. The van der Waals surface area contributed by atoms with E-state index in [-0.39, 0.29) is 0 Å². The summed E-state index contributed by atoms with van der Waals surface area (Å²) in [6.45, 7) is 0. The normalized spacial score (nSPS) is 10.7. The minimum Gasteiger partial charge on any atom is -0.371 e. The van der Waals surface area contributed by atoms with Crippen molar-refractivity contribution < 1.29 is 0 Å². The van der Waals surface area contributed by atoms with Gasteiger partial charge in [-0.25, -0.2) is 4.98 Å². The number of rotatable bonds is 3. The van der Waals surface area contributed by atoms with Crippen molar-refractivity contribution in [1.29, 1.82) is 0 Å². The van der Waals surface area contributed by atoms with E-state index >= 15 is 0 Å². The zero-order chi connectivity index (χ0) is 12.4. The van der Waals surface area contributed by atoms with Crippen molar-refractivity contribution in [1.82, 2.24) is 15.2 Å². The molecule has 0 saturated heterocycles. The maximum absolute atomic E-state index is 4.31. The molecule has 4 nitrogen and oxygen atoms in total. The lowest BCUT2D eigenvalue weighted by Crippen LogP contribution is -2.01. The Balaban J connectivity index is 2.13. The van der Waals surface area contributed by atoms with E-state index in [0.717, 1.165) is 33.7 Å². The SMILES string of the molecule is CNc1nnc(Cc2nccs2)c2ccccc12. The monoisotopic (exact) mass is 256 g/mol. The van der Waals surface area contributed by atoms with Gasteiger partial charge in [0, 0.05) is 35.8 Å². The highest BCUT2D eigenvalue weighted by Gasteiger charge is 2.09. The van der Waals surface area contributed by atoms with E-state index in [0.29, 0.717) is 0 Å². The quantitative estimate of drug-likeness (QED) is 0.783. The largest absolute Gasteiger partial charge is 0.371 e. The van der Waals surface area contributed by atoms with Crippen LogP contribution in [-0.2, 0) is 6.42 Å². The van der Waals surface area contributed by atoms with Crippen LogP contribution in [0.15, 0.2) is 35.8 Å². The first kappa shape index (κ1) is 11.1. The van der Waals surface area contributed by atoms with Crippen LogP contribution in [0.2, 0.25) is 0 Å². The molecule has 0 aliphatic heterocycles. The Bertz CT molecular complexity index is 664. The highest BCUT2D eigenvalue weighted by molar-refractivity contribution is 7.09. The van der Waals surface area contributed by atoms with Gasteiger partial charge < -0.3 is 5.32 Å². The number of aromatic nitrogens is 3. The Labute approximate surface area is 109 Å². The van der Waals surface area contributed by atoms with Crippen molar-refractivity contribution in [2.75, 3.05) is 12.4 Å². The summed E-state index contributed by atoms with van der Waals surface area (Å²) in [4.78, 5) is 4.30. The van der Waals surface area contributed by atoms with Crippen molar-refractivity contribution in [2.24, 2.45) is 0 Å². The van der Waals surface area contributed by atoms with Crippen molar-refractivity contribution in [3.05, 3.63) is 46.5 Å². The third-order valence-electron chi connectivity index (χ3n) is 2.80. The molecule has 3 aromatic rings. The molecule has 90 valence electrons. The van der Waals surface area contributed by atoms with Gasteiger partial charge in [-0.05, 0) is 0 Å². The summed E-state index contributed by atoms with van der Waals surface area (Å²) in [6, 6.07) is 8.17. The molecule has 0 radical (unpaired) electrons. The van der Waals surface area contributed by atoms with Crippen LogP contribution in [0.3, 0.4) is 0 Å². The molecule has 0 saturated carbocycles. The minimum absolute atomic E-state index is 0.731. The minimum atomic E-state index is 0.731. The summed E-state index contributed by atoms with van der Waals surface area (Å²) >= 11 is 1.64. The van der Waals surface area contributed by atoms with Crippen LogP contribution in [-0.4, -0.2) is 22.2 Å². The van der Waals surface area contributed by atoms with E-state index in [1.54, 1.807) is 11.3 Å². The van der Waals surface area contributed by atoms with E-state index in [2.05, 4.69) is 32.6 Å². The van der Waals surface area contributed by atoms with Crippen LogP contribution in [0.5, 0.6) is 0 Å². The predicted octanol–water partition coefficient (Wildman–Crippen LogP) is 2.72. The summed E-state index contributed by atoms with van der Waals surface area (Å²) in [5.41, 5.74) is 0.972. The van der Waals surface area contributed by atoms with Gasteiger partial charge in [0.15, 0.2) is 5.82 Å². The fraction of sp³-hybridized carbons (Fsp3) is 0.154. The Kier molecular flexibility index (Phi) is 2.90. The Morgan fingerprint density at radius 3 is 2.72 bits per heavy atom. The van der Waals surface area contributed by atoms with Crippen molar-refractivity contribution >= 4 is 27.9 Å². The molecule has 0 unspecified atom stereocenters. The number of benzene rings is 1. The van der Waals surface area contributed by atoms with Crippen LogP contribution in [0.1, 0.15) is 10.7 Å². The van der Waals surface area contributed by atoms with Gasteiger partial charge in [0.25, 0.3) is 0 Å². The molecule has 0 aliphatic carbocycles. The standard InChI is InChI=1S/C13H12N4S/c1-14-13-10-5-3-2-4-9(10)11(16-17-13)8-12-15-6-7-18-12/h2-7H,8H2,1H3,(H,14,17). The van der Waals surface area contributed by atoms with Gasteiger partial charge in [0.2, 0.25) is 0 Å². The highest BCUT2D eigenvalue weighted by atomic mass is 32.1. The molecule has 0 aliphatic rings. The molecule has 0 amide bonds. The van der Waals surface area contributed by atoms with Gasteiger partial charge in [0.05, 0.1) is 10.7 Å². The van der Waals surface area contributed by atoms with Crippen LogP contribution in [0, 0.1) is 0 Å². The highest BCUT2D eigenvalue weighted by Crippen LogP contribution is 2.24. The van der Waals surface area contributed by atoms with Gasteiger partial charge in [-0.2, -0.15) is 5.10 Å². The number of nitrogens with zero attached hydrogens (tertiary/aromatic N) is 3. The van der Waals surface area contributed by atoms with Crippen LogP contribution in [0.4, 0.5) is 5.82 Å². The summed E-state index contributed by atoms with van der Waals surface area (Å²) in [6.07, 6.45) is 2.55. The van der Waals surface area contributed by atoms with E-state index in [4.69, 9.17) is 0 Å². The van der Waals surface area contributed by atoms with Gasteiger partial charge in [-0.3, -0.25) is 0 Å². The van der Waals surface area contributed by atoms with Gasteiger partial charge in [-0.1, -0.05) is 24.3 Å². The lowest BCUT2D eigenvalue weighted by molar-refractivity contribution is 0.953. The number of thiazole rings is 1. The molecule has 5 heteroatoms. The molecule has 3 rings (SSSR count). The zero-order valence-corrected chi connectivity index (χ0v) is 10.7.